The van der Waals surface area contributed by atoms with Crippen LogP contribution in [0.4, 0.5) is 4.79 Å². The quantitative estimate of drug-likeness (QED) is 0.626. The fourth-order valence-corrected chi connectivity index (χ4v) is 4.17. The van der Waals surface area contributed by atoms with Crippen LogP contribution in [0.3, 0.4) is 0 Å². The highest BCUT2D eigenvalue weighted by molar-refractivity contribution is 9.10. The molecule has 0 atom stereocenters. The van der Waals surface area contributed by atoms with E-state index < -0.39 is 27.7 Å². The molecule has 0 aromatic heterocycles. The van der Waals surface area contributed by atoms with Gasteiger partial charge >= 0.3 is 22.1 Å². The molecule has 2 aromatic rings. The predicted molar refractivity (Wildman–Crippen MR) is 106 cm³/mol. The summed E-state index contributed by atoms with van der Waals surface area (Å²) >= 11 is 3.13. The minimum atomic E-state index is -4.52. The first-order chi connectivity index (χ1) is 13.0. The first kappa shape index (κ1) is 21.9. The smallest absolute Gasteiger partial charge is 0.441 e. The maximum absolute atomic E-state index is 13.0. The summed E-state index contributed by atoms with van der Waals surface area (Å²) in [6, 6.07) is 14.5. The van der Waals surface area contributed by atoms with Gasteiger partial charge in [-0.2, -0.15) is 8.42 Å². The van der Waals surface area contributed by atoms with Gasteiger partial charge in [0.25, 0.3) is 0 Å². The number of amides is 1. The number of hydrogen-bond donors (Lipinski definition) is 0. The minimum Gasteiger partial charge on any atom is -0.441 e. The number of nitrogens with zero attached hydrogens (tertiary/aromatic N) is 1. The third-order valence-corrected chi connectivity index (χ3v) is 5.78. The Labute approximate surface area is 172 Å². The Morgan fingerprint density at radius 1 is 1.00 bits per heavy atom. The lowest BCUT2D eigenvalue weighted by molar-refractivity contribution is -0.166. The summed E-state index contributed by atoms with van der Waals surface area (Å²) < 4.78 is 31.3. The average molecular weight is 470 g/mol. The topological polar surface area (TPSA) is 90.0 Å². The lowest BCUT2D eigenvalue weighted by Crippen LogP contribution is -2.42. The van der Waals surface area contributed by atoms with E-state index in [0.29, 0.717) is 5.56 Å². The van der Waals surface area contributed by atoms with Crippen LogP contribution in [-0.2, 0) is 30.8 Å². The number of hydroxylamine groups is 1. The van der Waals surface area contributed by atoms with E-state index in [-0.39, 0.29) is 20.3 Å². The average Bonchev–Trinajstić information content (AvgIpc) is 2.59. The van der Waals surface area contributed by atoms with Gasteiger partial charge in [0.15, 0.2) is 0 Å². The van der Waals surface area contributed by atoms with Gasteiger partial charge in [-0.1, -0.05) is 42.5 Å². The van der Waals surface area contributed by atoms with Crippen LogP contribution in [0.15, 0.2) is 64.0 Å². The Morgan fingerprint density at radius 2 is 1.57 bits per heavy atom. The second-order valence-electron chi connectivity index (χ2n) is 6.77. The zero-order chi connectivity index (χ0) is 20.9. The van der Waals surface area contributed by atoms with Crippen molar-refractivity contribution < 1.29 is 27.6 Å². The van der Waals surface area contributed by atoms with Gasteiger partial charge in [-0.15, -0.1) is 0 Å². The van der Waals surface area contributed by atoms with Gasteiger partial charge in [-0.05, 0) is 58.9 Å². The van der Waals surface area contributed by atoms with Crippen LogP contribution < -0.4 is 0 Å². The van der Waals surface area contributed by atoms with E-state index >= 15 is 0 Å². The number of carbonyl (C=O) groups is 2. The molecule has 2 aromatic carbocycles. The van der Waals surface area contributed by atoms with E-state index in [0.717, 1.165) is 0 Å². The molecule has 9 heteroatoms. The van der Waals surface area contributed by atoms with Crippen molar-refractivity contribution in [2.45, 2.75) is 37.7 Å². The summed E-state index contributed by atoms with van der Waals surface area (Å²) in [5.74, 6) is -0.923. The first-order valence-electron chi connectivity index (χ1n) is 8.28. The van der Waals surface area contributed by atoms with Crippen molar-refractivity contribution in [1.29, 1.82) is 0 Å². The van der Waals surface area contributed by atoms with Gasteiger partial charge in [-0.25, -0.2) is 9.59 Å². The molecule has 1 amide bonds. The molecule has 150 valence electrons. The van der Waals surface area contributed by atoms with Crippen molar-refractivity contribution >= 4 is 38.0 Å². The molecule has 7 nitrogen and oxygen atoms in total. The monoisotopic (exact) mass is 469 g/mol. The zero-order valence-corrected chi connectivity index (χ0v) is 18.0. The third kappa shape index (κ3) is 5.80. The Balaban J connectivity index is 2.35. The Kier molecular flexibility index (Phi) is 6.84. The highest BCUT2D eigenvalue weighted by Gasteiger charge is 2.38. The SMILES string of the molecule is CC(C)(C)OC(=O)N(OC(=O)Cc1ccccc1)S(=O)(=O)c1ccccc1Br. The van der Waals surface area contributed by atoms with Gasteiger partial charge in [-0.3, -0.25) is 0 Å². The van der Waals surface area contributed by atoms with Crippen LogP contribution in [-0.4, -0.2) is 30.5 Å². The highest BCUT2D eigenvalue weighted by Crippen LogP contribution is 2.26. The molecule has 0 heterocycles. The summed E-state index contributed by atoms with van der Waals surface area (Å²) in [6.45, 7) is 4.71. The fraction of sp³-hybridized carbons (Fsp3) is 0.263. The summed E-state index contributed by atoms with van der Waals surface area (Å²) in [5, 5.41) is 0. The van der Waals surface area contributed by atoms with E-state index in [1.807, 2.05) is 0 Å². The third-order valence-electron chi connectivity index (χ3n) is 3.25. The molecule has 0 saturated heterocycles. The molecule has 0 fully saturated rings. The van der Waals surface area contributed by atoms with Crippen LogP contribution in [0.5, 0.6) is 0 Å². The molecule has 0 radical (unpaired) electrons. The molecular weight excluding hydrogens is 450 g/mol. The summed E-state index contributed by atoms with van der Waals surface area (Å²) in [6.07, 6.45) is -1.53. The molecular formula is C19H20BrNO6S. The molecule has 0 bridgehead atoms. The minimum absolute atomic E-state index is 0.0103. The van der Waals surface area contributed by atoms with Crippen LogP contribution in [0, 0.1) is 0 Å². The Morgan fingerprint density at radius 3 is 2.14 bits per heavy atom. The summed E-state index contributed by atoms with van der Waals surface area (Å²) in [5.41, 5.74) is -0.389. The fourth-order valence-electron chi connectivity index (χ4n) is 2.11. The van der Waals surface area contributed by atoms with Gasteiger partial charge in [0.05, 0.1) is 6.42 Å². The van der Waals surface area contributed by atoms with Gasteiger partial charge < -0.3 is 9.57 Å². The molecule has 0 unspecified atom stereocenters. The molecule has 0 saturated carbocycles. The van der Waals surface area contributed by atoms with Crippen LogP contribution in [0.25, 0.3) is 0 Å². The van der Waals surface area contributed by atoms with E-state index in [9.17, 15) is 18.0 Å². The number of rotatable bonds is 4. The molecule has 0 spiro atoms. The number of carbonyl (C=O) groups excluding carboxylic acids is 2. The van der Waals surface area contributed by atoms with Gasteiger partial charge in [0.1, 0.15) is 10.5 Å². The van der Waals surface area contributed by atoms with E-state index in [2.05, 4.69) is 15.9 Å². The van der Waals surface area contributed by atoms with E-state index in [4.69, 9.17) is 9.57 Å². The zero-order valence-electron chi connectivity index (χ0n) is 15.6. The second-order valence-corrected chi connectivity index (χ2v) is 9.34. The van der Waals surface area contributed by atoms with E-state index in [1.165, 1.54) is 18.2 Å². The molecule has 2 rings (SSSR count). The van der Waals surface area contributed by atoms with Crippen molar-refractivity contribution in [3.8, 4) is 0 Å². The van der Waals surface area contributed by atoms with Crippen molar-refractivity contribution in [2.75, 3.05) is 0 Å². The standard InChI is InChI=1S/C19H20BrNO6S/c1-19(2,3)26-18(23)21(27-17(22)13-14-9-5-4-6-10-14)28(24,25)16-12-8-7-11-15(16)20/h4-12H,13H2,1-3H3. The molecule has 0 aliphatic heterocycles. The normalized spacial score (nSPS) is 11.6. The number of sulfonamides is 1. The van der Waals surface area contributed by atoms with Crippen LogP contribution >= 0.6 is 15.9 Å². The predicted octanol–water partition coefficient (Wildman–Crippen LogP) is 4.08. The first-order valence-corrected chi connectivity index (χ1v) is 10.5. The number of halogens is 1. The molecule has 0 aliphatic rings. The molecule has 0 N–H and O–H groups in total. The van der Waals surface area contributed by atoms with Gasteiger partial charge in [0, 0.05) is 4.47 Å². The van der Waals surface area contributed by atoms with Crippen molar-refractivity contribution in [3.05, 3.63) is 64.6 Å². The van der Waals surface area contributed by atoms with Gasteiger partial charge in [0.2, 0.25) is 0 Å². The second kappa shape index (κ2) is 8.74. The maximum Gasteiger partial charge on any atom is 0.459 e. The number of hydrogen-bond acceptors (Lipinski definition) is 6. The molecule has 28 heavy (non-hydrogen) atoms. The largest absolute Gasteiger partial charge is 0.459 e. The summed E-state index contributed by atoms with van der Waals surface area (Å²) in [7, 11) is -4.52. The lowest BCUT2D eigenvalue weighted by Gasteiger charge is -2.25. The van der Waals surface area contributed by atoms with Crippen LogP contribution in [0.1, 0.15) is 26.3 Å². The Hall–Kier alpha value is -2.39. The van der Waals surface area contributed by atoms with Crippen molar-refractivity contribution in [1.82, 2.24) is 4.47 Å². The van der Waals surface area contributed by atoms with Crippen molar-refractivity contribution in [3.63, 3.8) is 0 Å². The molecule has 0 aliphatic carbocycles. The highest BCUT2D eigenvalue weighted by atomic mass is 79.9. The maximum atomic E-state index is 13.0. The summed E-state index contributed by atoms with van der Waals surface area (Å²) in [4.78, 5) is 29.5. The number of benzene rings is 2. The van der Waals surface area contributed by atoms with Crippen LogP contribution in [0.2, 0.25) is 0 Å². The van der Waals surface area contributed by atoms with Crippen molar-refractivity contribution in [2.24, 2.45) is 0 Å². The van der Waals surface area contributed by atoms with E-state index in [1.54, 1.807) is 57.2 Å². The lowest BCUT2D eigenvalue weighted by atomic mass is 10.2. The number of ether oxygens (including phenoxy) is 1. The Bertz CT molecular complexity index is 954.